The average Bonchev–Trinajstić information content (AvgIpc) is 3.06. The van der Waals surface area contributed by atoms with Gasteiger partial charge >= 0.3 is 0 Å². The van der Waals surface area contributed by atoms with Crippen LogP contribution in [0.25, 0.3) is 11.0 Å². The third-order valence-corrected chi connectivity index (χ3v) is 4.65. The van der Waals surface area contributed by atoms with Gasteiger partial charge in [0.05, 0.1) is 18.0 Å². The molecule has 0 atom stereocenters. The molecule has 0 radical (unpaired) electrons. The van der Waals surface area contributed by atoms with Crippen LogP contribution in [-0.2, 0) is 0 Å². The number of rotatable bonds is 4. The molecule has 4 rings (SSSR count). The number of fused-ring (bicyclic) bond motifs is 1. The summed E-state index contributed by atoms with van der Waals surface area (Å²) < 4.78 is 2.14. The minimum absolute atomic E-state index is 0.353. The van der Waals surface area contributed by atoms with Crippen molar-refractivity contribution in [3.05, 3.63) is 36.7 Å². The second kappa shape index (κ2) is 6.76. The fraction of sp³-hybridized carbons (Fsp3) is 0.444. The Morgan fingerprint density at radius 3 is 2.80 bits per heavy atom. The number of hydrogen-bond donors (Lipinski definition) is 2. The van der Waals surface area contributed by atoms with Gasteiger partial charge in [0.2, 0.25) is 0 Å². The molecule has 7 nitrogen and oxygen atoms in total. The van der Waals surface area contributed by atoms with Crippen LogP contribution in [0.3, 0.4) is 0 Å². The zero-order valence-corrected chi connectivity index (χ0v) is 14.6. The van der Waals surface area contributed by atoms with Gasteiger partial charge in [-0.2, -0.15) is 0 Å². The predicted octanol–water partition coefficient (Wildman–Crippen LogP) is 3.01. The van der Waals surface area contributed by atoms with E-state index in [9.17, 15) is 0 Å². The van der Waals surface area contributed by atoms with Crippen molar-refractivity contribution in [2.75, 3.05) is 18.4 Å². The Hall–Kier alpha value is -2.54. The molecular formula is C18H23N7. The molecule has 0 spiro atoms. The summed E-state index contributed by atoms with van der Waals surface area (Å²) in [4.78, 5) is 18.0. The van der Waals surface area contributed by atoms with E-state index in [-0.39, 0.29) is 0 Å². The van der Waals surface area contributed by atoms with E-state index in [4.69, 9.17) is 4.98 Å². The normalized spacial score (nSPS) is 15.8. The number of nitrogens with zero attached hydrogens (tertiary/aromatic N) is 5. The Morgan fingerprint density at radius 2 is 2.00 bits per heavy atom. The highest BCUT2D eigenvalue weighted by Crippen LogP contribution is 2.24. The minimum Gasteiger partial charge on any atom is -0.328 e. The Kier molecular flexibility index (Phi) is 4.31. The van der Waals surface area contributed by atoms with Crippen LogP contribution in [0.4, 0.5) is 11.6 Å². The largest absolute Gasteiger partial charge is 0.328 e. The van der Waals surface area contributed by atoms with Crippen molar-refractivity contribution < 1.29 is 0 Å². The maximum absolute atomic E-state index is 4.70. The molecule has 1 aliphatic rings. The van der Waals surface area contributed by atoms with Gasteiger partial charge in [-0.1, -0.05) is 0 Å². The van der Waals surface area contributed by atoms with Crippen molar-refractivity contribution in [2.45, 2.75) is 38.6 Å². The van der Waals surface area contributed by atoms with E-state index in [1.54, 1.807) is 6.20 Å². The fourth-order valence-corrected chi connectivity index (χ4v) is 3.26. The number of nitrogens with one attached hydrogen (secondary N) is 2. The van der Waals surface area contributed by atoms with Gasteiger partial charge < -0.3 is 15.2 Å². The second-order valence-electron chi connectivity index (χ2n) is 6.75. The van der Waals surface area contributed by atoms with Crippen LogP contribution in [0, 0.1) is 0 Å². The van der Waals surface area contributed by atoms with Crippen molar-refractivity contribution in [3.8, 4) is 0 Å². The first-order valence-electron chi connectivity index (χ1n) is 8.84. The molecule has 1 saturated heterocycles. The third kappa shape index (κ3) is 3.32. The van der Waals surface area contributed by atoms with Crippen LogP contribution in [0.2, 0.25) is 0 Å². The Balaban J connectivity index is 1.59. The summed E-state index contributed by atoms with van der Waals surface area (Å²) >= 11 is 0. The Labute approximate surface area is 146 Å². The van der Waals surface area contributed by atoms with Crippen LogP contribution < -0.4 is 10.6 Å². The lowest BCUT2D eigenvalue weighted by atomic mass is 9.97. The molecule has 0 bridgehead atoms. The molecule has 3 aromatic heterocycles. The molecule has 25 heavy (non-hydrogen) atoms. The number of imidazole rings is 1. The molecule has 0 amide bonds. The van der Waals surface area contributed by atoms with Gasteiger partial charge in [0.15, 0.2) is 0 Å². The number of anilines is 2. The van der Waals surface area contributed by atoms with E-state index in [2.05, 4.69) is 44.0 Å². The molecule has 0 aliphatic carbocycles. The summed E-state index contributed by atoms with van der Waals surface area (Å²) in [5.74, 6) is 2.90. The summed E-state index contributed by atoms with van der Waals surface area (Å²) in [5.41, 5.74) is 1.97. The van der Waals surface area contributed by atoms with Gasteiger partial charge in [0, 0.05) is 24.2 Å². The molecule has 0 saturated carbocycles. The first-order chi connectivity index (χ1) is 12.2. The molecule has 2 N–H and O–H groups in total. The molecular weight excluding hydrogens is 314 g/mol. The van der Waals surface area contributed by atoms with Crippen LogP contribution in [-0.4, -0.2) is 37.6 Å². The average molecular weight is 337 g/mol. The molecule has 0 aromatic carbocycles. The highest BCUT2D eigenvalue weighted by atomic mass is 15.1. The van der Waals surface area contributed by atoms with Crippen molar-refractivity contribution in [1.29, 1.82) is 0 Å². The van der Waals surface area contributed by atoms with E-state index in [0.717, 1.165) is 54.4 Å². The topological polar surface area (TPSA) is 80.5 Å². The van der Waals surface area contributed by atoms with Crippen LogP contribution in [0.15, 0.2) is 30.9 Å². The van der Waals surface area contributed by atoms with Crippen molar-refractivity contribution in [3.63, 3.8) is 0 Å². The minimum atomic E-state index is 0.353. The number of aromatic nitrogens is 5. The first-order valence-corrected chi connectivity index (χ1v) is 8.84. The number of hydrogen-bond acceptors (Lipinski definition) is 6. The first kappa shape index (κ1) is 16.0. The SMILES string of the molecule is CC(C)n1cnc2cnc(Nc3ccnc(C4CCNCC4)n3)cc21. The van der Waals surface area contributed by atoms with Gasteiger partial charge in [-0.25, -0.2) is 19.9 Å². The summed E-state index contributed by atoms with van der Waals surface area (Å²) in [6.07, 6.45) is 7.65. The summed E-state index contributed by atoms with van der Waals surface area (Å²) in [7, 11) is 0. The molecule has 130 valence electrons. The van der Waals surface area contributed by atoms with Crippen LogP contribution in [0.1, 0.15) is 44.5 Å². The number of pyridine rings is 1. The predicted molar refractivity (Wildman–Crippen MR) is 98.1 cm³/mol. The summed E-state index contributed by atoms with van der Waals surface area (Å²) in [5, 5.41) is 6.69. The zero-order valence-electron chi connectivity index (χ0n) is 14.6. The lowest BCUT2D eigenvalue weighted by Gasteiger charge is -2.21. The van der Waals surface area contributed by atoms with Gasteiger partial charge in [0.25, 0.3) is 0 Å². The van der Waals surface area contributed by atoms with Gasteiger partial charge in [0.1, 0.15) is 23.0 Å². The maximum Gasteiger partial charge on any atom is 0.135 e. The van der Waals surface area contributed by atoms with E-state index < -0.39 is 0 Å². The Bertz CT molecular complexity index is 865. The second-order valence-corrected chi connectivity index (χ2v) is 6.75. The lowest BCUT2D eigenvalue weighted by Crippen LogP contribution is -2.27. The highest BCUT2D eigenvalue weighted by molar-refractivity contribution is 5.78. The standard InChI is InChI=1S/C18H23N7/c1-12(2)25-11-22-14-10-21-17(9-15(14)25)23-16-5-8-20-18(24-16)13-3-6-19-7-4-13/h5,8-13,19H,3-4,6-7H2,1-2H3,(H,20,21,23,24). The van der Waals surface area contributed by atoms with Crippen molar-refractivity contribution in [1.82, 2.24) is 29.8 Å². The van der Waals surface area contributed by atoms with Crippen LogP contribution >= 0.6 is 0 Å². The van der Waals surface area contributed by atoms with Crippen LogP contribution in [0.5, 0.6) is 0 Å². The van der Waals surface area contributed by atoms with E-state index in [1.807, 2.05) is 24.7 Å². The Morgan fingerprint density at radius 1 is 1.16 bits per heavy atom. The van der Waals surface area contributed by atoms with Crippen molar-refractivity contribution in [2.24, 2.45) is 0 Å². The number of piperidine rings is 1. The van der Waals surface area contributed by atoms with E-state index in [1.165, 1.54) is 0 Å². The molecule has 3 aromatic rings. The molecule has 0 unspecified atom stereocenters. The monoisotopic (exact) mass is 337 g/mol. The molecule has 1 aliphatic heterocycles. The van der Waals surface area contributed by atoms with Gasteiger partial charge in [-0.05, 0) is 45.8 Å². The highest BCUT2D eigenvalue weighted by Gasteiger charge is 2.18. The van der Waals surface area contributed by atoms with E-state index in [0.29, 0.717) is 12.0 Å². The lowest BCUT2D eigenvalue weighted by molar-refractivity contribution is 0.445. The summed E-state index contributed by atoms with van der Waals surface area (Å²) in [6.45, 7) is 6.35. The smallest absolute Gasteiger partial charge is 0.135 e. The maximum atomic E-state index is 4.70. The van der Waals surface area contributed by atoms with Crippen molar-refractivity contribution >= 4 is 22.7 Å². The van der Waals surface area contributed by atoms with Gasteiger partial charge in [-0.15, -0.1) is 0 Å². The molecule has 4 heterocycles. The molecule has 1 fully saturated rings. The summed E-state index contributed by atoms with van der Waals surface area (Å²) in [6, 6.07) is 4.26. The quantitative estimate of drug-likeness (QED) is 0.762. The zero-order chi connectivity index (χ0) is 17.2. The third-order valence-electron chi connectivity index (χ3n) is 4.65. The molecule has 7 heteroatoms. The van der Waals surface area contributed by atoms with Gasteiger partial charge in [-0.3, -0.25) is 0 Å². The fourth-order valence-electron chi connectivity index (χ4n) is 3.26. The van der Waals surface area contributed by atoms with E-state index >= 15 is 0 Å².